The molecule has 2 heterocycles. The lowest BCUT2D eigenvalue weighted by Crippen LogP contribution is -2.28. The van der Waals surface area contributed by atoms with Crippen LogP contribution in [0.5, 0.6) is 5.88 Å². The van der Waals surface area contributed by atoms with Gasteiger partial charge in [-0.1, -0.05) is 18.6 Å². The summed E-state index contributed by atoms with van der Waals surface area (Å²) < 4.78 is 0. The minimum absolute atomic E-state index is 0.00697. The second-order valence-electron chi connectivity index (χ2n) is 9.50. The van der Waals surface area contributed by atoms with Crippen molar-refractivity contribution in [1.29, 1.82) is 0 Å². The zero-order chi connectivity index (χ0) is 25.8. The van der Waals surface area contributed by atoms with Crippen molar-refractivity contribution in [2.24, 2.45) is 4.99 Å². The summed E-state index contributed by atoms with van der Waals surface area (Å²) in [5.41, 5.74) is 4.26. The lowest BCUT2D eigenvalue weighted by Gasteiger charge is -2.26. The number of likely N-dealkylation sites (tertiary alicyclic amines) is 1. The Hall–Kier alpha value is -4.23. The van der Waals surface area contributed by atoms with Gasteiger partial charge in [0.25, 0.3) is 5.56 Å². The summed E-state index contributed by atoms with van der Waals surface area (Å²) in [6, 6.07) is 20.6. The highest BCUT2D eigenvalue weighted by molar-refractivity contribution is 6.03. The van der Waals surface area contributed by atoms with Gasteiger partial charge >= 0.3 is 0 Å². The average Bonchev–Trinajstić information content (AvgIpc) is 2.90. The number of fused-ring (bicyclic) bond motifs is 1. The molecular weight excluding hydrogens is 464 g/mol. The third kappa shape index (κ3) is 5.78. The summed E-state index contributed by atoms with van der Waals surface area (Å²) in [5, 5.41) is 14.9. The number of H-pyrrole nitrogens is 1. The summed E-state index contributed by atoms with van der Waals surface area (Å²) >= 11 is 0. The Morgan fingerprint density at radius 2 is 1.68 bits per heavy atom. The fraction of sp³-hybridized carbons (Fsp3) is 0.233. The van der Waals surface area contributed by atoms with E-state index in [0.717, 1.165) is 36.7 Å². The third-order valence-electron chi connectivity index (χ3n) is 6.76. The van der Waals surface area contributed by atoms with Crippen LogP contribution in [0.1, 0.15) is 47.7 Å². The number of Topliss-reactive ketones (excluding diaryl/α,β-unsaturated/α-hetero) is 1. The first-order valence-electron chi connectivity index (χ1n) is 12.6. The lowest BCUT2D eigenvalue weighted by molar-refractivity contribution is 0.101. The highest BCUT2D eigenvalue weighted by Gasteiger charge is 2.12. The zero-order valence-electron chi connectivity index (χ0n) is 20.8. The second-order valence-corrected chi connectivity index (χ2v) is 9.50. The van der Waals surface area contributed by atoms with E-state index in [9.17, 15) is 14.7 Å². The zero-order valence-corrected chi connectivity index (χ0v) is 20.8. The summed E-state index contributed by atoms with van der Waals surface area (Å²) in [5.74, 6) is -0.224. The van der Waals surface area contributed by atoms with Crippen molar-refractivity contribution in [3.63, 3.8) is 0 Å². The number of nitrogens with one attached hydrogen (secondary N) is 2. The second kappa shape index (κ2) is 10.8. The molecule has 0 bridgehead atoms. The summed E-state index contributed by atoms with van der Waals surface area (Å²) in [6.45, 7) is 4.78. The van der Waals surface area contributed by atoms with E-state index < -0.39 is 0 Å². The first-order chi connectivity index (χ1) is 18.0. The molecule has 4 aromatic rings. The average molecular weight is 495 g/mol. The number of hydrogen-bond acceptors (Lipinski definition) is 6. The van der Waals surface area contributed by atoms with E-state index in [1.165, 1.54) is 31.7 Å². The summed E-state index contributed by atoms with van der Waals surface area (Å²) in [4.78, 5) is 33.6. The molecule has 3 N–H and O–H groups in total. The van der Waals surface area contributed by atoms with Crippen LogP contribution >= 0.6 is 0 Å². The van der Waals surface area contributed by atoms with Crippen molar-refractivity contribution >= 4 is 39.8 Å². The van der Waals surface area contributed by atoms with Crippen LogP contribution in [0.3, 0.4) is 0 Å². The molecule has 1 aliphatic heterocycles. The predicted molar refractivity (Wildman–Crippen MR) is 149 cm³/mol. The molecule has 1 aliphatic rings. The molecule has 3 aromatic carbocycles. The highest BCUT2D eigenvalue weighted by atomic mass is 16.3. The number of hydrogen-bond donors (Lipinski definition) is 3. The van der Waals surface area contributed by atoms with Crippen LogP contribution in [0.25, 0.3) is 10.8 Å². The lowest BCUT2D eigenvalue weighted by atomic mass is 10.1. The van der Waals surface area contributed by atoms with E-state index in [0.29, 0.717) is 21.9 Å². The Kier molecular flexibility index (Phi) is 7.14. The number of aromatic hydroxyl groups is 1. The molecule has 0 saturated carbocycles. The van der Waals surface area contributed by atoms with Crippen LogP contribution in [0.2, 0.25) is 0 Å². The smallest absolute Gasteiger partial charge is 0.258 e. The predicted octanol–water partition coefficient (Wildman–Crippen LogP) is 5.92. The maximum atomic E-state index is 12.5. The molecule has 0 atom stereocenters. The first-order valence-corrected chi connectivity index (χ1v) is 12.6. The quantitative estimate of drug-likeness (QED) is 0.219. The molecule has 7 heteroatoms. The summed E-state index contributed by atoms with van der Waals surface area (Å²) in [6.07, 6.45) is 5.44. The van der Waals surface area contributed by atoms with Crippen molar-refractivity contribution in [3.8, 4) is 5.88 Å². The molecule has 1 saturated heterocycles. The number of benzene rings is 3. The van der Waals surface area contributed by atoms with E-state index in [1.807, 2.05) is 30.3 Å². The van der Waals surface area contributed by atoms with Crippen LogP contribution in [0.4, 0.5) is 17.1 Å². The van der Waals surface area contributed by atoms with Crippen LogP contribution < -0.4 is 10.9 Å². The molecule has 0 amide bonds. The van der Waals surface area contributed by atoms with Gasteiger partial charge in [0.15, 0.2) is 5.78 Å². The number of aromatic nitrogens is 1. The van der Waals surface area contributed by atoms with Crippen molar-refractivity contribution in [2.45, 2.75) is 32.7 Å². The number of rotatable bonds is 7. The number of anilines is 2. The standard InChI is InChI=1S/C30H30N4O3/c1-20(35)22-7-11-24(12-8-22)32-25-13-14-26-27(17-25)28(30(37)33-29(26)36)18-31-23-9-5-21(6-10-23)19-34-15-3-2-4-16-34/h5-14,17-18,32H,2-4,15-16,19H2,1H3,(H2,33,36,37). The first kappa shape index (κ1) is 24.5. The number of carbonyl (C=O) groups excluding carboxylic acids is 1. The van der Waals surface area contributed by atoms with Gasteiger partial charge in [-0.3, -0.25) is 24.5 Å². The largest absolute Gasteiger partial charge is 0.494 e. The fourth-order valence-electron chi connectivity index (χ4n) is 4.70. The number of nitrogens with zero attached hydrogens (tertiary/aromatic N) is 2. The summed E-state index contributed by atoms with van der Waals surface area (Å²) in [7, 11) is 0. The molecular formula is C30H30N4O3. The Morgan fingerprint density at radius 3 is 2.38 bits per heavy atom. The van der Waals surface area contributed by atoms with Gasteiger partial charge in [-0.05, 0) is 93.0 Å². The minimum atomic E-state index is -0.371. The van der Waals surface area contributed by atoms with Crippen LogP contribution in [0, 0.1) is 0 Å². The molecule has 1 aromatic heterocycles. The molecule has 0 unspecified atom stereocenters. The van der Waals surface area contributed by atoms with Gasteiger partial charge in [-0.2, -0.15) is 0 Å². The van der Waals surface area contributed by atoms with Crippen LogP contribution in [0.15, 0.2) is 76.5 Å². The topological polar surface area (TPSA) is 97.8 Å². The van der Waals surface area contributed by atoms with Gasteiger partial charge < -0.3 is 10.4 Å². The van der Waals surface area contributed by atoms with E-state index in [4.69, 9.17) is 0 Å². The number of aliphatic imine (C=N–C) groups is 1. The molecule has 7 nitrogen and oxygen atoms in total. The van der Waals surface area contributed by atoms with Crippen molar-refractivity contribution in [2.75, 3.05) is 18.4 Å². The molecule has 0 radical (unpaired) electrons. The maximum Gasteiger partial charge on any atom is 0.258 e. The number of aromatic amines is 1. The van der Waals surface area contributed by atoms with Crippen LogP contribution in [-0.2, 0) is 6.54 Å². The van der Waals surface area contributed by atoms with Crippen molar-refractivity contribution < 1.29 is 9.90 Å². The third-order valence-corrected chi connectivity index (χ3v) is 6.76. The van der Waals surface area contributed by atoms with E-state index in [2.05, 4.69) is 32.3 Å². The van der Waals surface area contributed by atoms with Crippen molar-refractivity contribution in [1.82, 2.24) is 9.88 Å². The van der Waals surface area contributed by atoms with Gasteiger partial charge in [-0.25, -0.2) is 0 Å². The van der Waals surface area contributed by atoms with Gasteiger partial charge in [0.1, 0.15) is 0 Å². The minimum Gasteiger partial charge on any atom is -0.494 e. The normalized spacial score (nSPS) is 14.3. The Labute approximate surface area is 215 Å². The molecule has 5 rings (SSSR count). The van der Waals surface area contributed by atoms with E-state index in [-0.39, 0.29) is 17.2 Å². The Bertz CT molecular complexity index is 1500. The van der Waals surface area contributed by atoms with Crippen molar-refractivity contribution in [3.05, 3.63) is 93.8 Å². The molecule has 0 aliphatic carbocycles. The van der Waals surface area contributed by atoms with Gasteiger partial charge in [0.05, 0.1) is 11.3 Å². The Balaban J connectivity index is 1.39. The monoisotopic (exact) mass is 494 g/mol. The molecule has 188 valence electrons. The maximum absolute atomic E-state index is 12.5. The number of ketones is 1. The van der Waals surface area contributed by atoms with Crippen LogP contribution in [-0.4, -0.2) is 40.1 Å². The number of carbonyl (C=O) groups is 1. The van der Waals surface area contributed by atoms with Gasteiger partial charge in [0.2, 0.25) is 5.88 Å². The van der Waals surface area contributed by atoms with Gasteiger partial charge in [-0.15, -0.1) is 0 Å². The number of pyridine rings is 1. The molecule has 0 spiro atoms. The Morgan fingerprint density at radius 1 is 0.973 bits per heavy atom. The molecule has 37 heavy (non-hydrogen) atoms. The van der Waals surface area contributed by atoms with Gasteiger partial charge in [0, 0.05) is 40.5 Å². The number of piperidine rings is 1. The van der Waals surface area contributed by atoms with E-state index in [1.54, 1.807) is 30.5 Å². The SMILES string of the molecule is CC(=O)c1ccc(Nc2ccc3c(=O)[nH]c(O)c(C=Nc4ccc(CN5CCCCC5)cc4)c3c2)cc1. The highest BCUT2D eigenvalue weighted by Crippen LogP contribution is 2.27. The van der Waals surface area contributed by atoms with E-state index >= 15 is 0 Å². The fourth-order valence-corrected chi connectivity index (χ4v) is 4.70. The molecule has 1 fully saturated rings.